The normalized spacial score (nSPS) is 41.6. The Morgan fingerprint density at radius 2 is 1.90 bits per heavy atom. The first kappa shape index (κ1) is 14.4. The van der Waals surface area contributed by atoms with Gasteiger partial charge in [-0.3, -0.25) is 0 Å². The lowest BCUT2D eigenvalue weighted by molar-refractivity contribution is 0.210. The highest BCUT2D eigenvalue weighted by Gasteiger charge is 2.45. The van der Waals surface area contributed by atoms with E-state index in [0.717, 1.165) is 23.7 Å². The molecular formula is C20H32. The second kappa shape index (κ2) is 5.04. The van der Waals surface area contributed by atoms with Crippen molar-refractivity contribution in [2.75, 3.05) is 0 Å². The number of hydrogen-bond acceptors (Lipinski definition) is 0. The molecule has 3 rings (SSSR count). The fourth-order valence-electron chi connectivity index (χ4n) is 5.53. The van der Waals surface area contributed by atoms with E-state index >= 15 is 0 Å². The van der Waals surface area contributed by atoms with Gasteiger partial charge in [0.15, 0.2) is 0 Å². The fraction of sp³-hybridized carbons (Fsp3) is 0.800. The minimum atomic E-state index is 0.516. The highest BCUT2D eigenvalue weighted by atomic mass is 14.5. The van der Waals surface area contributed by atoms with E-state index in [9.17, 15) is 0 Å². The van der Waals surface area contributed by atoms with Gasteiger partial charge in [0.25, 0.3) is 0 Å². The van der Waals surface area contributed by atoms with Gasteiger partial charge in [-0.15, -0.1) is 0 Å². The predicted octanol–water partition coefficient (Wildman–Crippen LogP) is 6.14. The molecule has 0 heterocycles. The topological polar surface area (TPSA) is 0 Å². The first-order valence-electron chi connectivity index (χ1n) is 8.82. The first-order valence-corrected chi connectivity index (χ1v) is 8.82. The van der Waals surface area contributed by atoms with Crippen LogP contribution in [0.1, 0.15) is 72.6 Å². The Balaban J connectivity index is 1.96. The minimum Gasteiger partial charge on any atom is -0.0996 e. The van der Waals surface area contributed by atoms with E-state index in [-0.39, 0.29) is 0 Å². The van der Waals surface area contributed by atoms with E-state index in [0.29, 0.717) is 5.41 Å². The van der Waals surface area contributed by atoms with Crippen LogP contribution in [0, 0.1) is 29.1 Å². The van der Waals surface area contributed by atoms with Crippen molar-refractivity contribution >= 4 is 0 Å². The van der Waals surface area contributed by atoms with Gasteiger partial charge in [0.2, 0.25) is 0 Å². The first-order chi connectivity index (χ1) is 9.42. The Morgan fingerprint density at radius 1 is 1.15 bits per heavy atom. The molecule has 0 aliphatic heterocycles. The molecule has 0 heteroatoms. The average Bonchev–Trinajstić information content (AvgIpc) is 2.88. The lowest BCUT2D eigenvalue weighted by atomic mass is 9.66. The molecule has 0 N–H and O–H groups in total. The van der Waals surface area contributed by atoms with Crippen LogP contribution in [0.2, 0.25) is 0 Å². The third kappa shape index (κ3) is 2.20. The molecule has 0 amide bonds. The summed E-state index contributed by atoms with van der Waals surface area (Å²) in [5.74, 6) is 3.41. The Labute approximate surface area is 125 Å². The van der Waals surface area contributed by atoms with Gasteiger partial charge in [0.05, 0.1) is 0 Å². The Bertz CT molecular complexity index is 439. The van der Waals surface area contributed by atoms with Crippen LogP contribution >= 0.6 is 0 Å². The summed E-state index contributed by atoms with van der Waals surface area (Å²) in [6.07, 6.45) is 9.62. The second-order valence-corrected chi connectivity index (χ2v) is 8.41. The second-order valence-electron chi connectivity index (χ2n) is 8.41. The standard InChI is InChI=1S/C20H32/c1-13(2)16-10-11-20(5)12-18-15(4)6-8-17(18)14(3)7-9-19(16)20/h13,15,17-18H,3,6-12H2,1-2,4-5H3. The van der Waals surface area contributed by atoms with Crippen LogP contribution in [-0.2, 0) is 0 Å². The van der Waals surface area contributed by atoms with Crippen LogP contribution in [-0.4, -0.2) is 0 Å². The molecule has 20 heavy (non-hydrogen) atoms. The summed E-state index contributed by atoms with van der Waals surface area (Å²) in [6, 6.07) is 0. The molecule has 4 unspecified atom stereocenters. The highest BCUT2D eigenvalue weighted by molar-refractivity contribution is 5.31. The van der Waals surface area contributed by atoms with Crippen molar-refractivity contribution in [2.24, 2.45) is 29.1 Å². The third-order valence-corrected chi connectivity index (χ3v) is 6.85. The molecule has 0 saturated heterocycles. The molecule has 0 aromatic rings. The molecule has 0 aromatic carbocycles. The molecular weight excluding hydrogens is 240 g/mol. The smallest absolute Gasteiger partial charge is 0.0107 e. The molecule has 0 aromatic heterocycles. The van der Waals surface area contributed by atoms with Crippen molar-refractivity contribution in [1.82, 2.24) is 0 Å². The van der Waals surface area contributed by atoms with Gasteiger partial charge < -0.3 is 0 Å². The van der Waals surface area contributed by atoms with Crippen LogP contribution in [0.3, 0.4) is 0 Å². The summed E-state index contributed by atoms with van der Waals surface area (Å²) >= 11 is 0. The Morgan fingerprint density at radius 3 is 2.60 bits per heavy atom. The van der Waals surface area contributed by atoms with Crippen molar-refractivity contribution in [3.63, 3.8) is 0 Å². The van der Waals surface area contributed by atoms with E-state index in [4.69, 9.17) is 0 Å². The minimum absolute atomic E-state index is 0.516. The van der Waals surface area contributed by atoms with Crippen molar-refractivity contribution in [3.05, 3.63) is 23.3 Å². The van der Waals surface area contributed by atoms with Crippen molar-refractivity contribution in [1.29, 1.82) is 0 Å². The predicted molar refractivity (Wildman–Crippen MR) is 87.6 cm³/mol. The number of fused-ring (bicyclic) bond motifs is 2. The molecule has 0 bridgehead atoms. The van der Waals surface area contributed by atoms with Gasteiger partial charge in [-0.25, -0.2) is 0 Å². The van der Waals surface area contributed by atoms with Gasteiger partial charge in [-0.2, -0.15) is 0 Å². The van der Waals surface area contributed by atoms with Gasteiger partial charge in [0, 0.05) is 0 Å². The largest absolute Gasteiger partial charge is 0.0996 e. The van der Waals surface area contributed by atoms with Crippen molar-refractivity contribution in [2.45, 2.75) is 72.6 Å². The summed E-state index contributed by atoms with van der Waals surface area (Å²) in [7, 11) is 0. The molecule has 2 fully saturated rings. The van der Waals surface area contributed by atoms with Gasteiger partial charge in [0.1, 0.15) is 0 Å². The summed E-state index contributed by atoms with van der Waals surface area (Å²) < 4.78 is 0. The zero-order valence-corrected chi connectivity index (χ0v) is 14.0. The molecule has 4 atom stereocenters. The summed E-state index contributed by atoms with van der Waals surface area (Å²) in [5.41, 5.74) is 5.72. The van der Waals surface area contributed by atoms with E-state index < -0.39 is 0 Å². The SMILES string of the molecule is C=C1CCC2=C(C(C)C)CCC2(C)CC2C(C)CCC12. The fourth-order valence-corrected chi connectivity index (χ4v) is 5.53. The zero-order valence-electron chi connectivity index (χ0n) is 14.0. The van der Waals surface area contributed by atoms with Crippen LogP contribution < -0.4 is 0 Å². The quantitative estimate of drug-likeness (QED) is 0.503. The lowest BCUT2D eigenvalue weighted by Gasteiger charge is -2.39. The molecule has 2 saturated carbocycles. The Kier molecular flexibility index (Phi) is 3.63. The molecule has 3 aliphatic rings. The third-order valence-electron chi connectivity index (χ3n) is 6.85. The summed E-state index contributed by atoms with van der Waals surface area (Å²) in [4.78, 5) is 0. The highest BCUT2D eigenvalue weighted by Crippen LogP contribution is 2.57. The van der Waals surface area contributed by atoms with E-state index in [2.05, 4.69) is 34.3 Å². The molecule has 3 aliphatic carbocycles. The maximum atomic E-state index is 4.48. The van der Waals surface area contributed by atoms with Crippen LogP contribution in [0.4, 0.5) is 0 Å². The number of rotatable bonds is 1. The van der Waals surface area contributed by atoms with Crippen LogP contribution in [0.15, 0.2) is 23.3 Å². The van der Waals surface area contributed by atoms with E-state index in [1.54, 1.807) is 11.1 Å². The van der Waals surface area contributed by atoms with Crippen molar-refractivity contribution in [3.8, 4) is 0 Å². The summed E-state index contributed by atoms with van der Waals surface area (Å²) in [5, 5.41) is 0. The van der Waals surface area contributed by atoms with E-state index in [1.807, 2.05) is 5.57 Å². The maximum Gasteiger partial charge on any atom is -0.0107 e. The van der Waals surface area contributed by atoms with Gasteiger partial charge in [-0.1, -0.05) is 51.0 Å². The van der Waals surface area contributed by atoms with Gasteiger partial charge >= 0.3 is 0 Å². The molecule has 0 spiro atoms. The average molecular weight is 272 g/mol. The van der Waals surface area contributed by atoms with Crippen molar-refractivity contribution < 1.29 is 0 Å². The zero-order chi connectivity index (χ0) is 14.5. The molecule has 0 nitrogen and oxygen atoms in total. The van der Waals surface area contributed by atoms with Crippen LogP contribution in [0.5, 0.6) is 0 Å². The number of allylic oxidation sites excluding steroid dienone is 3. The molecule has 112 valence electrons. The van der Waals surface area contributed by atoms with E-state index in [1.165, 1.54) is 44.9 Å². The Hall–Kier alpha value is -0.520. The van der Waals surface area contributed by atoms with Gasteiger partial charge in [-0.05, 0) is 74.0 Å². The molecule has 0 radical (unpaired) electrons. The van der Waals surface area contributed by atoms with Crippen LogP contribution in [0.25, 0.3) is 0 Å². The maximum absolute atomic E-state index is 4.48. The summed E-state index contributed by atoms with van der Waals surface area (Å²) in [6.45, 7) is 14.3. The lowest BCUT2D eigenvalue weighted by Crippen LogP contribution is -2.28. The number of hydrogen-bond donors (Lipinski definition) is 0. The monoisotopic (exact) mass is 272 g/mol.